The van der Waals surface area contributed by atoms with Crippen molar-refractivity contribution in [3.63, 3.8) is 0 Å². The Morgan fingerprint density at radius 2 is 1.48 bits per heavy atom. The second kappa shape index (κ2) is 4.63. The maximum Gasteiger partial charge on any atom is 0.166 e. The van der Waals surface area contributed by atoms with Crippen LogP contribution < -0.4 is 4.74 Å². The number of hydrogen-bond acceptors (Lipinski definition) is 2. The van der Waals surface area contributed by atoms with Crippen molar-refractivity contribution in [3.05, 3.63) is 65.2 Å². The maximum atomic E-state index is 13.5. The maximum absolute atomic E-state index is 13.5. The summed E-state index contributed by atoms with van der Waals surface area (Å²) in [4.78, 5) is 13.5. The molecule has 0 spiro atoms. The van der Waals surface area contributed by atoms with Crippen LogP contribution in [0, 0.1) is 16.7 Å². The molecule has 0 unspecified atom stereocenters. The third-order valence-corrected chi connectivity index (χ3v) is 7.12. The molecular formula is C23H22O2. The van der Waals surface area contributed by atoms with Gasteiger partial charge in [-0.15, -0.1) is 0 Å². The van der Waals surface area contributed by atoms with E-state index in [1.165, 1.54) is 0 Å². The van der Waals surface area contributed by atoms with Crippen LogP contribution in [0.5, 0.6) is 11.5 Å². The number of ketones is 1. The molecule has 126 valence electrons. The molecule has 3 aliphatic rings. The average Bonchev–Trinajstić information content (AvgIpc) is 2.92. The largest absolute Gasteiger partial charge is 0.456 e. The summed E-state index contributed by atoms with van der Waals surface area (Å²) in [6.07, 6.45) is 2.10. The van der Waals surface area contributed by atoms with Crippen molar-refractivity contribution in [1.29, 1.82) is 0 Å². The first-order valence-electron chi connectivity index (χ1n) is 9.11. The number of Topliss-reactive ketones (excluding diaryl/α,β-unsaturated/α-hetero) is 1. The number of fused-ring (bicyclic) bond motifs is 4. The average molecular weight is 330 g/mol. The summed E-state index contributed by atoms with van der Waals surface area (Å²) in [6.45, 7) is 6.71. The summed E-state index contributed by atoms with van der Waals surface area (Å²) in [5, 5.41) is 0. The number of benzene rings is 2. The first-order chi connectivity index (χ1) is 11.9. The molecule has 0 amide bonds. The van der Waals surface area contributed by atoms with E-state index in [9.17, 15) is 4.79 Å². The number of para-hydroxylation sites is 2. The van der Waals surface area contributed by atoms with E-state index in [1.54, 1.807) is 0 Å². The SMILES string of the molecule is CC1(C)[C@@H]2CC[C@@]1(C)C(=O)C2=C1c2ccccc2Oc2ccccc21. The number of rotatable bonds is 0. The van der Waals surface area contributed by atoms with Gasteiger partial charge in [0.25, 0.3) is 0 Å². The van der Waals surface area contributed by atoms with Crippen LogP contribution in [-0.2, 0) is 4.79 Å². The van der Waals surface area contributed by atoms with Crippen LogP contribution in [0.15, 0.2) is 54.1 Å². The van der Waals surface area contributed by atoms with E-state index in [1.807, 2.05) is 36.4 Å². The van der Waals surface area contributed by atoms with Gasteiger partial charge < -0.3 is 4.74 Å². The molecule has 1 aliphatic heterocycles. The van der Waals surface area contributed by atoms with Gasteiger partial charge >= 0.3 is 0 Å². The minimum atomic E-state index is -0.248. The zero-order valence-corrected chi connectivity index (χ0v) is 14.9. The van der Waals surface area contributed by atoms with E-state index in [4.69, 9.17) is 4.74 Å². The van der Waals surface area contributed by atoms with Crippen LogP contribution in [0.3, 0.4) is 0 Å². The van der Waals surface area contributed by atoms with Crippen molar-refractivity contribution in [2.45, 2.75) is 33.6 Å². The minimum absolute atomic E-state index is 0.00854. The van der Waals surface area contributed by atoms with Gasteiger partial charge in [-0.25, -0.2) is 0 Å². The van der Waals surface area contributed by atoms with Gasteiger partial charge in [0.2, 0.25) is 0 Å². The van der Waals surface area contributed by atoms with E-state index < -0.39 is 0 Å². The smallest absolute Gasteiger partial charge is 0.166 e. The molecule has 2 aromatic rings. The number of carbonyl (C=O) groups is 1. The van der Waals surface area contributed by atoms with Gasteiger partial charge in [0.1, 0.15) is 11.5 Å². The second-order valence-electron chi connectivity index (χ2n) is 8.36. The van der Waals surface area contributed by atoms with E-state index in [0.29, 0.717) is 11.7 Å². The van der Waals surface area contributed by atoms with Crippen molar-refractivity contribution < 1.29 is 9.53 Å². The molecule has 5 rings (SSSR count). The van der Waals surface area contributed by atoms with Crippen molar-refractivity contribution >= 4 is 11.4 Å². The highest BCUT2D eigenvalue weighted by molar-refractivity contribution is 6.13. The third kappa shape index (κ3) is 1.67. The summed E-state index contributed by atoms with van der Waals surface area (Å²) in [7, 11) is 0. The first kappa shape index (κ1) is 14.9. The lowest BCUT2D eigenvalue weighted by Gasteiger charge is -2.31. The Kier molecular flexibility index (Phi) is 2.77. The third-order valence-electron chi connectivity index (χ3n) is 7.12. The Morgan fingerprint density at radius 1 is 0.920 bits per heavy atom. The molecule has 0 N–H and O–H groups in total. The zero-order valence-electron chi connectivity index (χ0n) is 14.9. The Labute approximate surface area is 148 Å². The van der Waals surface area contributed by atoms with Crippen LogP contribution in [0.1, 0.15) is 44.7 Å². The molecule has 0 aromatic heterocycles. The van der Waals surface area contributed by atoms with E-state index >= 15 is 0 Å². The van der Waals surface area contributed by atoms with Gasteiger partial charge in [0, 0.05) is 27.7 Å². The first-order valence-corrected chi connectivity index (χ1v) is 9.11. The van der Waals surface area contributed by atoms with Gasteiger partial charge in [-0.05, 0) is 36.3 Å². The molecule has 2 aromatic carbocycles. The van der Waals surface area contributed by atoms with Crippen molar-refractivity contribution in [3.8, 4) is 11.5 Å². The predicted octanol–water partition coefficient (Wildman–Crippen LogP) is 5.62. The quantitative estimate of drug-likeness (QED) is 0.500. The van der Waals surface area contributed by atoms with Crippen molar-refractivity contribution in [1.82, 2.24) is 0 Å². The van der Waals surface area contributed by atoms with Crippen LogP contribution in [0.2, 0.25) is 0 Å². The molecule has 2 heteroatoms. The summed E-state index contributed by atoms with van der Waals surface area (Å²) in [5.74, 6) is 2.36. The lowest BCUT2D eigenvalue weighted by molar-refractivity contribution is -0.125. The van der Waals surface area contributed by atoms with E-state index in [0.717, 1.165) is 46.6 Å². The van der Waals surface area contributed by atoms with Gasteiger partial charge in [-0.1, -0.05) is 57.2 Å². The molecule has 0 saturated heterocycles. The fourth-order valence-corrected chi connectivity index (χ4v) is 5.23. The molecule has 2 aliphatic carbocycles. The number of hydrogen-bond donors (Lipinski definition) is 0. The molecule has 2 fully saturated rings. The summed E-state index contributed by atoms with van der Waals surface area (Å²) in [6, 6.07) is 16.2. The number of carbonyl (C=O) groups excluding carboxylic acids is 1. The molecule has 25 heavy (non-hydrogen) atoms. The number of ether oxygens (including phenoxy) is 1. The Balaban J connectivity index is 1.87. The van der Waals surface area contributed by atoms with Crippen molar-refractivity contribution in [2.24, 2.45) is 16.7 Å². The van der Waals surface area contributed by atoms with Crippen LogP contribution in [-0.4, -0.2) is 5.78 Å². The standard InChI is InChI=1S/C23H22O2/c1-22(2)16-12-13-23(22,3)21(24)20(16)19-14-8-4-6-10-17(14)25-18-11-7-5-9-15(18)19/h4-11,16H,12-13H2,1-3H3/t16-,23+/m1/s1. The zero-order chi connectivity index (χ0) is 17.4. The van der Waals surface area contributed by atoms with Gasteiger partial charge in [-0.3, -0.25) is 4.79 Å². The highest BCUT2D eigenvalue weighted by atomic mass is 16.5. The number of allylic oxidation sites excluding steroid dienone is 1. The van der Waals surface area contributed by atoms with Crippen molar-refractivity contribution in [2.75, 3.05) is 0 Å². The highest BCUT2D eigenvalue weighted by Gasteiger charge is 2.64. The van der Waals surface area contributed by atoms with Gasteiger partial charge in [0.05, 0.1) is 0 Å². The minimum Gasteiger partial charge on any atom is -0.456 e. The summed E-state index contributed by atoms with van der Waals surface area (Å²) >= 11 is 0. The van der Waals surface area contributed by atoms with Gasteiger partial charge in [0.15, 0.2) is 5.78 Å². The predicted molar refractivity (Wildman–Crippen MR) is 98.6 cm³/mol. The highest BCUT2D eigenvalue weighted by Crippen LogP contribution is 2.67. The Bertz CT molecular complexity index is 903. The monoisotopic (exact) mass is 330 g/mol. The Morgan fingerprint density at radius 3 is 2.00 bits per heavy atom. The summed E-state index contributed by atoms with van der Waals surface area (Å²) in [5.41, 5.74) is 4.00. The lowest BCUT2D eigenvalue weighted by Crippen LogP contribution is -2.32. The van der Waals surface area contributed by atoms with Crippen LogP contribution in [0.25, 0.3) is 5.57 Å². The molecule has 2 bridgehead atoms. The van der Waals surface area contributed by atoms with Gasteiger partial charge in [-0.2, -0.15) is 0 Å². The second-order valence-corrected chi connectivity index (χ2v) is 8.36. The fourth-order valence-electron chi connectivity index (χ4n) is 5.23. The molecule has 2 saturated carbocycles. The molecule has 2 nitrogen and oxygen atoms in total. The Hall–Kier alpha value is -2.35. The topological polar surface area (TPSA) is 26.3 Å². The summed E-state index contributed by atoms with van der Waals surface area (Å²) < 4.78 is 6.11. The van der Waals surface area contributed by atoms with Crippen LogP contribution in [0.4, 0.5) is 0 Å². The lowest BCUT2D eigenvalue weighted by atomic mass is 9.70. The molecular weight excluding hydrogens is 308 g/mol. The molecule has 0 radical (unpaired) electrons. The normalized spacial score (nSPS) is 28.6. The van der Waals surface area contributed by atoms with E-state index in [-0.39, 0.29) is 10.8 Å². The molecule has 2 atom stereocenters. The fraction of sp³-hybridized carbons (Fsp3) is 0.348. The molecule has 1 heterocycles. The van der Waals surface area contributed by atoms with E-state index in [2.05, 4.69) is 32.9 Å². The van der Waals surface area contributed by atoms with Crippen LogP contribution >= 0.6 is 0 Å².